The number of carbonyl (C=O) groups excluding carboxylic acids is 1. The van der Waals surface area contributed by atoms with Crippen molar-refractivity contribution in [3.8, 4) is 0 Å². The summed E-state index contributed by atoms with van der Waals surface area (Å²) in [5, 5.41) is 13.5. The van der Waals surface area contributed by atoms with Crippen molar-refractivity contribution in [3.05, 3.63) is 35.1 Å². The molecule has 0 aliphatic rings. The molecule has 2 aromatic rings. The zero-order valence-electron chi connectivity index (χ0n) is 11.3. The quantitative estimate of drug-likeness (QED) is 0.869. The second kappa shape index (κ2) is 6.06. The van der Waals surface area contributed by atoms with E-state index in [1.54, 1.807) is 25.6 Å². The molecule has 20 heavy (non-hydrogen) atoms. The van der Waals surface area contributed by atoms with Crippen LogP contribution in [0.25, 0.3) is 0 Å². The predicted molar refractivity (Wildman–Crippen MR) is 73.3 cm³/mol. The standard InChI is InChI=1S/C12H16ClN5O2/c1-16-4-3-14-10(16)8-18(5-6-19)12(20)11-9(13)7-17(2)15-11/h3-4,7,19H,5-6,8H2,1-2H3. The van der Waals surface area contributed by atoms with Gasteiger partial charge in [0.05, 0.1) is 18.2 Å². The van der Waals surface area contributed by atoms with Gasteiger partial charge in [0.25, 0.3) is 5.91 Å². The van der Waals surface area contributed by atoms with Gasteiger partial charge in [-0.05, 0) is 0 Å². The lowest BCUT2D eigenvalue weighted by atomic mass is 10.3. The molecule has 1 N–H and O–H groups in total. The van der Waals surface area contributed by atoms with Crippen LogP contribution in [-0.2, 0) is 20.6 Å². The summed E-state index contributed by atoms with van der Waals surface area (Å²) in [6.07, 6.45) is 5.02. The summed E-state index contributed by atoms with van der Waals surface area (Å²) in [5.41, 5.74) is 0.178. The van der Waals surface area contributed by atoms with Gasteiger partial charge in [0.1, 0.15) is 5.82 Å². The van der Waals surface area contributed by atoms with Gasteiger partial charge in [-0.15, -0.1) is 0 Å². The minimum atomic E-state index is -0.326. The van der Waals surface area contributed by atoms with E-state index in [1.165, 1.54) is 9.58 Å². The van der Waals surface area contributed by atoms with Crippen LogP contribution >= 0.6 is 11.6 Å². The molecule has 0 saturated heterocycles. The van der Waals surface area contributed by atoms with Crippen molar-refractivity contribution >= 4 is 17.5 Å². The third-order valence-corrected chi connectivity index (χ3v) is 3.17. The van der Waals surface area contributed by atoms with Crippen molar-refractivity contribution in [2.75, 3.05) is 13.2 Å². The molecular weight excluding hydrogens is 282 g/mol. The second-order valence-corrected chi connectivity index (χ2v) is 4.81. The Balaban J connectivity index is 2.22. The summed E-state index contributed by atoms with van der Waals surface area (Å²) in [6.45, 7) is 0.342. The molecule has 0 fully saturated rings. The Kier molecular flexibility index (Phi) is 4.41. The predicted octanol–water partition coefficient (Wildman–Crippen LogP) is 0.442. The van der Waals surface area contributed by atoms with Gasteiger partial charge >= 0.3 is 0 Å². The summed E-state index contributed by atoms with van der Waals surface area (Å²) in [6, 6.07) is 0. The van der Waals surface area contributed by atoms with Crippen molar-refractivity contribution in [3.63, 3.8) is 0 Å². The molecule has 0 aliphatic heterocycles. The first-order valence-corrected chi connectivity index (χ1v) is 6.46. The summed E-state index contributed by atoms with van der Waals surface area (Å²) in [5.74, 6) is 0.395. The number of amides is 1. The fourth-order valence-corrected chi connectivity index (χ4v) is 2.11. The Morgan fingerprint density at radius 1 is 1.50 bits per heavy atom. The van der Waals surface area contributed by atoms with Gasteiger partial charge in [-0.1, -0.05) is 11.6 Å². The van der Waals surface area contributed by atoms with Gasteiger partial charge in [0.15, 0.2) is 5.69 Å². The number of aromatic nitrogens is 4. The molecule has 2 rings (SSSR count). The highest BCUT2D eigenvalue weighted by Crippen LogP contribution is 2.16. The highest BCUT2D eigenvalue weighted by molar-refractivity contribution is 6.33. The molecule has 0 saturated carbocycles. The van der Waals surface area contributed by atoms with Crippen molar-refractivity contribution in [2.24, 2.45) is 14.1 Å². The number of imidazole rings is 1. The molecule has 0 spiro atoms. The normalized spacial score (nSPS) is 10.8. The molecule has 0 aliphatic carbocycles. The zero-order valence-corrected chi connectivity index (χ0v) is 12.1. The summed E-state index contributed by atoms with van der Waals surface area (Å²) >= 11 is 5.98. The van der Waals surface area contributed by atoms with Crippen LogP contribution in [0, 0.1) is 0 Å². The van der Waals surface area contributed by atoms with Crippen molar-refractivity contribution in [1.29, 1.82) is 0 Å². The Labute approximate surface area is 121 Å². The number of aryl methyl sites for hydroxylation is 2. The van der Waals surface area contributed by atoms with Crippen LogP contribution in [-0.4, -0.2) is 48.4 Å². The fraction of sp³-hybridized carbons (Fsp3) is 0.417. The van der Waals surface area contributed by atoms with Gasteiger partial charge in [-0.2, -0.15) is 5.10 Å². The first-order valence-electron chi connectivity index (χ1n) is 6.08. The number of nitrogens with zero attached hydrogens (tertiary/aromatic N) is 5. The minimum absolute atomic E-state index is 0.138. The van der Waals surface area contributed by atoms with E-state index >= 15 is 0 Å². The van der Waals surface area contributed by atoms with Crippen molar-refractivity contribution < 1.29 is 9.90 Å². The van der Waals surface area contributed by atoms with Crippen molar-refractivity contribution in [1.82, 2.24) is 24.2 Å². The largest absolute Gasteiger partial charge is 0.395 e. The lowest BCUT2D eigenvalue weighted by Crippen LogP contribution is -2.34. The van der Waals surface area contributed by atoms with Crippen LogP contribution in [0.3, 0.4) is 0 Å². The Bertz CT molecular complexity index is 607. The number of rotatable bonds is 5. The van der Waals surface area contributed by atoms with E-state index in [4.69, 9.17) is 16.7 Å². The van der Waals surface area contributed by atoms with Gasteiger partial charge in [-0.3, -0.25) is 9.48 Å². The Hall–Kier alpha value is -1.86. The van der Waals surface area contributed by atoms with E-state index in [-0.39, 0.29) is 31.3 Å². The first kappa shape index (κ1) is 14.5. The molecule has 0 aromatic carbocycles. The first-order chi connectivity index (χ1) is 9.52. The summed E-state index contributed by atoms with van der Waals surface area (Å²) < 4.78 is 3.30. The molecule has 0 bridgehead atoms. The van der Waals surface area contributed by atoms with Crippen molar-refractivity contribution in [2.45, 2.75) is 6.54 Å². The molecule has 8 heteroatoms. The molecule has 2 heterocycles. The molecule has 2 aromatic heterocycles. The maximum atomic E-state index is 12.4. The van der Waals surface area contributed by atoms with Crippen LogP contribution in [0.4, 0.5) is 0 Å². The summed E-state index contributed by atoms with van der Waals surface area (Å²) in [4.78, 5) is 18.1. The van der Waals surface area contributed by atoms with E-state index < -0.39 is 0 Å². The summed E-state index contributed by atoms with van der Waals surface area (Å²) in [7, 11) is 3.54. The monoisotopic (exact) mass is 297 g/mol. The number of hydrogen-bond donors (Lipinski definition) is 1. The van der Waals surface area contributed by atoms with E-state index in [9.17, 15) is 4.79 Å². The van der Waals surface area contributed by atoms with Gasteiger partial charge in [-0.25, -0.2) is 4.98 Å². The van der Waals surface area contributed by atoms with Gasteiger partial charge in [0, 0.05) is 39.2 Å². The third-order valence-electron chi connectivity index (χ3n) is 2.90. The number of aliphatic hydroxyl groups excluding tert-OH is 1. The number of hydrogen-bond acceptors (Lipinski definition) is 4. The maximum absolute atomic E-state index is 12.4. The fourth-order valence-electron chi connectivity index (χ4n) is 1.85. The van der Waals surface area contributed by atoms with Crippen LogP contribution in [0.2, 0.25) is 5.02 Å². The third kappa shape index (κ3) is 3.00. The van der Waals surface area contributed by atoms with E-state index in [0.717, 1.165) is 5.82 Å². The highest BCUT2D eigenvalue weighted by Gasteiger charge is 2.22. The Morgan fingerprint density at radius 3 is 2.75 bits per heavy atom. The minimum Gasteiger partial charge on any atom is -0.395 e. The van der Waals surface area contributed by atoms with E-state index in [1.807, 2.05) is 11.6 Å². The van der Waals surface area contributed by atoms with E-state index in [0.29, 0.717) is 5.02 Å². The lowest BCUT2D eigenvalue weighted by molar-refractivity contribution is 0.0695. The lowest BCUT2D eigenvalue weighted by Gasteiger charge is -2.20. The number of aliphatic hydroxyl groups is 1. The molecule has 0 atom stereocenters. The average Bonchev–Trinajstić information content (AvgIpc) is 2.94. The molecule has 1 amide bonds. The average molecular weight is 298 g/mol. The molecule has 0 radical (unpaired) electrons. The number of halogens is 1. The van der Waals surface area contributed by atoms with Gasteiger partial charge < -0.3 is 14.6 Å². The molecule has 7 nitrogen and oxygen atoms in total. The number of carbonyl (C=O) groups is 1. The molecule has 0 unspecified atom stereocenters. The van der Waals surface area contributed by atoms with Crippen LogP contribution in [0.15, 0.2) is 18.6 Å². The highest BCUT2D eigenvalue weighted by atomic mass is 35.5. The molecule has 108 valence electrons. The van der Waals surface area contributed by atoms with Crippen LogP contribution in [0.5, 0.6) is 0 Å². The van der Waals surface area contributed by atoms with Crippen LogP contribution in [0.1, 0.15) is 16.3 Å². The van der Waals surface area contributed by atoms with Crippen LogP contribution < -0.4 is 0 Å². The topological polar surface area (TPSA) is 76.2 Å². The maximum Gasteiger partial charge on any atom is 0.276 e. The SMILES string of the molecule is Cn1cc(Cl)c(C(=O)N(CCO)Cc2nccn2C)n1. The Morgan fingerprint density at radius 2 is 2.25 bits per heavy atom. The van der Waals surface area contributed by atoms with Gasteiger partial charge in [0.2, 0.25) is 0 Å². The second-order valence-electron chi connectivity index (χ2n) is 4.40. The molecular formula is C12H16ClN5O2. The van der Waals surface area contributed by atoms with E-state index in [2.05, 4.69) is 10.1 Å². The smallest absolute Gasteiger partial charge is 0.276 e. The zero-order chi connectivity index (χ0) is 14.7.